The molecule has 1 heterocycles. The lowest BCUT2D eigenvalue weighted by atomic mass is 9.52. The summed E-state index contributed by atoms with van der Waals surface area (Å²) in [6, 6.07) is 2.17. The molecule has 3 rings (SSSR count). The second-order valence-electron chi connectivity index (χ2n) is 7.30. The smallest absolute Gasteiger partial charge is 0.0971 e. The molecule has 0 saturated carbocycles. The van der Waals surface area contributed by atoms with E-state index < -0.39 is 6.10 Å². The molecule has 22 heavy (non-hydrogen) atoms. The van der Waals surface area contributed by atoms with Crippen LogP contribution in [0.25, 0.3) is 0 Å². The summed E-state index contributed by atoms with van der Waals surface area (Å²) in [5.41, 5.74) is 1.90. The van der Waals surface area contributed by atoms with E-state index in [0.29, 0.717) is 12.1 Å². The Labute approximate surface area is 130 Å². The summed E-state index contributed by atoms with van der Waals surface area (Å²) in [6.45, 7) is 6.75. The van der Waals surface area contributed by atoms with Crippen molar-refractivity contribution in [2.24, 2.45) is 11.3 Å². The van der Waals surface area contributed by atoms with Crippen molar-refractivity contribution in [1.29, 1.82) is 5.26 Å². The van der Waals surface area contributed by atoms with E-state index in [1.54, 1.807) is 4.68 Å². The van der Waals surface area contributed by atoms with Crippen molar-refractivity contribution in [3.8, 4) is 6.07 Å². The quantitative estimate of drug-likeness (QED) is 0.868. The van der Waals surface area contributed by atoms with Crippen molar-refractivity contribution >= 4 is 0 Å². The van der Waals surface area contributed by atoms with Crippen LogP contribution in [0.5, 0.6) is 0 Å². The van der Waals surface area contributed by atoms with Gasteiger partial charge in [-0.15, -0.1) is 0 Å². The maximum absolute atomic E-state index is 10.5. The largest absolute Gasteiger partial charge is 0.394 e. The first-order chi connectivity index (χ1) is 10.3. The lowest BCUT2D eigenvalue weighted by molar-refractivity contribution is -0.0102. The fourth-order valence-corrected chi connectivity index (χ4v) is 4.48. The van der Waals surface area contributed by atoms with Crippen LogP contribution in [0.1, 0.15) is 38.4 Å². The molecule has 118 valence electrons. The van der Waals surface area contributed by atoms with E-state index in [1.165, 1.54) is 5.56 Å². The number of allylic oxidation sites excluding steroid dienone is 1. The third kappa shape index (κ3) is 1.94. The van der Waals surface area contributed by atoms with Crippen molar-refractivity contribution in [3.05, 3.63) is 29.1 Å². The molecule has 2 aliphatic carbocycles. The monoisotopic (exact) mass is 301 g/mol. The van der Waals surface area contributed by atoms with Crippen LogP contribution in [0, 0.1) is 22.7 Å². The van der Waals surface area contributed by atoms with Gasteiger partial charge in [0, 0.05) is 11.6 Å². The molecule has 2 aliphatic rings. The molecule has 0 radical (unpaired) electrons. The molecule has 0 fully saturated rings. The van der Waals surface area contributed by atoms with Crippen LogP contribution in [-0.4, -0.2) is 32.7 Å². The molecule has 1 aromatic rings. The molecule has 5 nitrogen and oxygen atoms in total. The molecule has 2 N–H and O–H groups in total. The van der Waals surface area contributed by atoms with Crippen LogP contribution in [0.2, 0.25) is 0 Å². The normalized spacial score (nSPS) is 32.6. The Bertz CT molecular complexity index is 668. The molecular formula is C17H23N3O2. The Balaban J connectivity index is 2.17. The molecule has 1 unspecified atom stereocenters. The van der Waals surface area contributed by atoms with E-state index in [4.69, 9.17) is 5.11 Å². The number of rotatable bonds is 2. The average molecular weight is 301 g/mol. The zero-order valence-electron chi connectivity index (χ0n) is 13.4. The Morgan fingerprint density at radius 2 is 2.18 bits per heavy atom. The number of nitriles is 1. The molecule has 0 aliphatic heterocycles. The van der Waals surface area contributed by atoms with Gasteiger partial charge in [-0.3, -0.25) is 4.68 Å². The van der Waals surface area contributed by atoms with Crippen LogP contribution in [0.4, 0.5) is 0 Å². The number of aryl methyl sites for hydroxylation is 1. The highest BCUT2D eigenvalue weighted by Crippen LogP contribution is 2.55. The molecule has 5 heteroatoms. The molecule has 0 aromatic carbocycles. The number of nitrogens with zero attached hydrogens (tertiary/aromatic N) is 3. The van der Waals surface area contributed by atoms with Gasteiger partial charge in [0.15, 0.2) is 0 Å². The standard InChI is InChI=1S/C17H23N3O2/c1-16(2)13-5-4-11-10-20(6-7-21)19-14(11)17(13,3)8-12(9-18)15(16)22/h8,10,13,15,21-22H,4-7H2,1-3H3/t13-,15?,17-/m0/s1. The Kier molecular flexibility index (Phi) is 3.42. The zero-order valence-corrected chi connectivity index (χ0v) is 13.4. The Morgan fingerprint density at radius 3 is 2.82 bits per heavy atom. The van der Waals surface area contributed by atoms with Crippen molar-refractivity contribution in [2.45, 2.75) is 51.7 Å². The van der Waals surface area contributed by atoms with Gasteiger partial charge in [-0.25, -0.2) is 0 Å². The fraction of sp³-hybridized carbons (Fsp3) is 0.647. The summed E-state index contributed by atoms with van der Waals surface area (Å²) in [6.07, 6.45) is 5.09. The van der Waals surface area contributed by atoms with Gasteiger partial charge in [-0.2, -0.15) is 10.4 Å². The van der Waals surface area contributed by atoms with Crippen LogP contribution in [0.15, 0.2) is 17.8 Å². The first-order valence-electron chi connectivity index (χ1n) is 7.83. The highest BCUT2D eigenvalue weighted by molar-refractivity contribution is 5.44. The Hall–Kier alpha value is -1.64. The summed E-state index contributed by atoms with van der Waals surface area (Å²) in [5, 5.41) is 33.7. The van der Waals surface area contributed by atoms with Gasteiger partial charge < -0.3 is 10.2 Å². The minimum Gasteiger partial charge on any atom is -0.394 e. The summed E-state index contributed by atoms with van der Waals surface area (Å²) in [7, 11) is 0. The number of hydrogen-bond donors (Lipinski definition) is 2. The van der Waals surface area contributed by atoms with Gasteiger partial charge in [-0.05, 0) is 29.7 Å². The second kappa shape index (κ2) is 4.94. The molecule has 0 spiro atoms. The fourth-order valence-electron chi connectivity index (χ4n) is 4.48. The lowest BCUT2D eigenvalue weighted by Crippen LogP contribution is -2.52. The van der Waals surface area contributed by atoms with Gasteiger partial charge >= 0.3 is 0 Å². The first-order valence-corrected chi connectivity index (χ1v) is 7.83. The SMILES string of the molecule is CC1(C)C(O)C(C#N)=C[C@]2(C)c3nn(CCO)cc3CC[C@@H]12. The predicted octanol–water partition coefficient (Wildman–Crippen LogP) is 1.55. The minimum absolute atomic E-state index is 0.0597. The van der Waals surface area contributed by atoms with E-state index in [9.17, 15) is 10.4 Å². The van der Waals surface area contributed by atoms with Crippen LogP contribution in [0.3, 0.4) is 0 Å². The number of aromatic nitrogens is 2. The second-order valence-corrected chi connectivity index (χ2v) is 7.30. The number of aliphatic hydroxyl groups is 2. The molecule has 1 aromatic heterocycles. The van der Waals surface area contributed by atoms with Crippen LogP contribution in [-0.2, 0) is 18.4 Å². The molecular weight excluding hydrogens is 278 g/mol. The van der Waals surface area contributed by atoms with Crippen molar-refractivity contribution in [2.75, 3.05) is 6.61 Å². The van der Waals surface area contributed by atoms with E-state index in [2.05, 4.69) is 18.1 Å². The maximum atomic E-state index is 10.5. The molecule has 3 atom stereocenters. The predicted molar refractivity (Wildman–Crippen MR) is 82.0 cm³/mol. The topological polar surface area (TPSA) is 82.1 Å². The van der Waals surface area contributed by atoms with E-state index in [-0.39, 0.29) is 23.4 Å². The summed E-state index contributed by atoms with van der Waals surface area (Å²) >= 11 is 0. The van der Waals surface area contributed by atoms with Gasteiger partial charge in [0.05, 0.1) is 36.6 Å². The summed E-state index contributed by atoms with van der Waals surface area (Å²) in [4.78, 5) is 0. The summed E-state index contributed by atoms with van der Waals surface area (Å²) in [5.74, 6) is 0.233. The van der Waals surface area contributed by atoms with E-state index >= 15 is 0 Å². The van der Waals surface area contributed by atoms with Crippen molar-refractivity contribution in [3.63, 3.8) is 0 Å². The summed E-state index contributed by atoms with van der Waals surface area (Å²) < 4.78 is 1.79. The molecule has 0 amide bonds. The molecule has 0 saturated heterocycles. The first kappa shape index (κ1) is 15.3. The average Bonchev–Trinajstić information content (AvgIpc) is 2.87. The van der Waals surface area contributed by atoms with Gasteiger partial charge in [0.25, 0.3) is 0 Å². The van der Waals surface area contributed by atoms with Crippen molar-refractivity contribution in [1.82, 2.24) is 9.78 Å². The van der Waals surface area contributed by atoms with E-state index in [0.717, 1.165) is 18.5 Å². The zero-order chi connectivity index (χ0) is 16.1. The Morgan fingerprint density at radius 1 is 1.45 bits per heavy atom. The van der Waals surface area contributed by atoms with Gasteiger partial charge in [-0.1, -0.05) is 26.8 Å². The van der Waals surface area contributed by atoms with Crippen LogP contribution >= 0.6 is 0 Å². The molecule has 0 bridgehead atoms. The number of hydrogen-bond acceptors (Lipinski definition) is 4. The third-order valence-corrected chi connectivity index (χ3v) is 5.58. The van der Waals surface area contributed by atoms with Crippen molar-refractivity contribution < 1.29 is 10.2 Å². The highest BCUT2D eigenvalue weighted by Gasteiger charge is 2.54. The van der Waals surface area contributed by atoms with Crippen LogP contribution < -0.4 is 0 Å². The van der Waals surface area contributed by atoms with Gasteiger partial charge in [0.1, 0.15) is 0 Å². The maximum Gasteiger partial charge on any atom is 0.0971 e. The number of fused-ring (bicyclic) bond motifs is 3. The van der Waals surface area contributed by atoms with E-state index in [1.807, 2.05) is 26.1 Å². The van der Waals surface area contributed by atoms with Gasteiger partial charge in [0.2, 0.25) is 0 Å². The minimum atomic E-state index is -0.725. The highest BCUT2D eigenvalue weighted by atomic mass is 16.3. The number of aliphatic hydroxyl groups excluding tert-OH is 2. The third-order valence-electron chi connectivity index (χ3n) is 5.58. The lowest BCUT2D eigenvalue weighted by Gasteiger charge is -2.52.